The largest absolute Gasteiger partial charge is 0.508 e. The van der Waals surface area contributed by atoms with E-state index in [2.05, 4.69) is 5.32 Å². The molecule has 1 rings (SSSR count). The number of halogens is 1. The summed E-state index contributed by atoms with van der Waals surface area (Å²) in [7, 11) is 0. The third-order valence-electron chi connectivity index (χ3n) is 2.40. The van der Waals surface area contributed by atoms with E-state index in [1.807, 2.05) is 6.92 Å². The first-order valence-electron chi connectivity index (χ1n) is 5.85. The Bertz CT molecular complexity index is 354. The second-order valence-corrected chi connectivity index (χ2v) is 3.73. The number of ether oxygens (including phenoxy) is 1. The Labute approximate surface area is 114 Å². The van der Waals surface area contributed by atoms with Crippen LogP contribution in [0.15, 0.2) is 24.3 Å². The highest BCUT2D eigenvalue weighted by Gasteiger charge is 2.18. The fraction of sp³-hybridized carbons (Fsp3) is 0.462. The highest BCUT2D eigenvalue weighted by atomic mass is 35.5. The SMILES string of the molecule is CCN[C@@H](Cc1ccc(O)cc1)C(=O)OCC.Cl. The molecule has 2 N–H and O–H groups in total. The fourth-order valence-electron chi connectivity index (χ4n) is 1.60. The number of nitrogens with one attached hydrogen (secondary N) is 1. The van der Waals surface area contributed by atoms with Gasteiger partial charge in [0.25, 0.3) is 0 Å². The maximum absolute atomic E-state index is 11.7. The van der Waals surface area contributed by atoms with E-state index in [0.29, 0.717) is 19.6 Å². The molecule has 0 heterocycles. The van der Waals surface area contributed by atoms with Crippen molar-refractivity contribution in [1.29, 1.82) is 0 Å². The fourth-order valence-corrected chi connectivity index (χ4v) is 1.60. The van der Waals surface area contributed by atoms with Crippen molar-refractivity contribution < 1.29 is 14.6 Å². The van der Waals surface area contributed by atoms with Crippen molar-refractivity contribution in [2.75, 3.05) is 13.2 Å². The highest BCUT2D eigenvalue weighted by molar-refractivity contribution is 5.85. The number of phenolic OH excluding ortho intramolecular Hbond substituents is 1. The molecule has 1 aromatic carbocycles. The molecule has 1 aromatic rings. The summed E-state index contributed by atoms with van der Waals surface area (Å²) in [6.07, 6.45) is 0.562. The first kappa shape index (κ1) is 16.7. The molecule has 1 atom stereocenters. The molecule has 0 radical (unpaired) electrons. The number of aromatic hydroxyl groups is 1. The van der Waals surface area contributed by atoms with Crippen molar-refractivity contribution in [1.82, 2.24) is 5.32 Å². The van der Waals surface area contributed by atoms with Crippen LogP contribution in [0.25, 0.3) is 0 Å². The zero-order chi connectivity index (χ0) is 12.7. The predicted molar refractivity (Wildman–Crippen MR) is 73.2 cm³/mol. The van der Waals surface area contributed by atoms with Gasteiger partial charge in [-0.1, -0.05) is 19.1 Å². The summed E-state index contributed by atoms with van der Waals surface area (Å²) in [4.78, 5) is 11.7. The van der Waals surface area contributed by atoms with E-state index in [9.17, 15) is 9.90 Å². The van der Waals surface area contributed by atoms with E-state index in [4.69, 9.17) is 4.74 Å². The molecular weight excluding hydrogens is 254 g/mol. The lowest BCUT2D eigenvalue weighted by Gasteiger charge is -2.16. The molecule has 0 unspecified atom stereocenters. The summed E-state index contributed by atoms with van der Waals surface area (Å²) in [5.41, 5.74) is 0.988. The molecule has 0 bridgehead atoms. The van der Waals surface area contributed by atoms with Crippen LogP contribution in [-0.4, -0.2) is 30.3 Å². The Morgan fingerprint density at radius 2 is 1.94 bits per heavy atom. The van der Waals surface area contributed by atoms with Gasteiger partial charge in [-0.3, -0.25) is 4.79 Å². The Hall–Kier alpha value is -1.26. The molecule has 0 aliphatic heterocycles. The van der Waals surface area contributed by atoms with Crippen molar-refractivity contribution in [3.63, 3.8) is 0 Å². The summed E-state index contributed by atoms with van der Waals surface area (Å²) >= 11 is 0. The molecule has 0 spiro atoms. The number of carbonyl (C=O) groups excluding carboxylic acids is 1. The molecule has 18 heavy (non-hydrogen) atoms. The van der Waals surface area contributed by atoms with Crippen molar-refractivity contribution in [3.05, 3.63) is 29.8 Å². The Morgan fingerprint density at radius 1 is 1.33 bits per heavy atom. The average Bonchev–Trinajstić information content (AvgIpc) is 2.31. The number of likely N-dealkylation sites (N-methyl/N-ethyl adjacent to an activating group) is 1. The lowest BCUT2D eigenvalue weighted by Crippen LogP contribution is -2.39. The van der Waals surface area contributed by atoms with Crippen LogP contribution in [0, 0.1) is 0 Å². The van der Waals surface area contributed by atoms with Gasteiger partial charge in [-0.25, -0.2) is 0 Å². The number of hydrogen-bond donors (Lipinski definition) is 2. The van der Waals surface area contributed by atoms with Crippen molar-refractivity contribution >= 4 is 18.4 Å². The standard InChI is InChI=1S/C13H19NO3.ClH/c1-3-14-12(13(16)17-4-2)9-10-5-7-11(15)8-6-10;/h5-8,12,14-15H,3-4,9H2,1-2H3;1H/t12-;/m0./s1. The maximum Gasteiger partial charge on any atom is 0.323 e. The third-order valence-corrected chi connectivity index (χ3v) is 2.40. The van der Waals surface area contributed by atoms with Crippen LogP contribution in [0.5, 0.6) is 5.75 Å². The first-order valence-corrected chi connectivity index (χ1v) is 5.85. The van der Waals surface area contributed by atoms with E-state index in [1.54, 1.807) is 31.2 Å². The highest BCUT2D eigenvalue weighted by Crippen LogP contribution is 2.11. The number of benzene rings is 1. The second kappa shape index (κ2) is 8.78. The topological polar surface area (TPSA) is 58.6 Å². The molecule has 4 nitrogen and oxygen atoms in total. The molecule has 0 amide bonds. The molecule has 0 aromatic heterocycles. The zero-order valence-electron chi connectivity index (χ0n) is 10.7. The number of rotatable bonds is 6. The van der Waals surface area contributed by atoms with Crippen LogP contribution in [-0.2, 0) is 16.0 Å². The molecule has 0 saturated carbocycles. The van der Waals surface area contributed by atoms with Crippen LogP contribution in [0.4, 0.5) is 0 Å². The molecule has 0 fully saturated rings. The zero-order valence-corrected chi connectivity index (χ0v) is 11.5. The molecule has 0 aliphatic carbocycles. The summed E-state index contributed by atoms with van der Waals surface area (Å²) in [6, 6.07) is 6.51. The number of phenols is 1. The van der Waals surface area contributed by atoms with Gasteiger partial charge in [0.05, 0.1) is 6.61 Å². The minimum absolute atomic E-state index is 0. The molecular formula is C13H20ClNO3. The number of carbonyl (C=O) groups is 1. The van der Waals surface area contributed by atoms with Crippen LogP contribution < -0.4 is 5.32 Å². The minimum atomic E-state index is -0.329. The normalized spacial score (nSPS) is 11.4. The van der Waals surface area contributed by atoms with Gasteiger partial charge in [0.2, 0.25) is 0 Å². The van der Waals surface area contributed by atoms with Gasteiger partial charge < -0.3 is 15.2 Å². The van der Waals surface area contributed by atoms with E-state index < -0.39 is 0 Å². The lowest BCUT2D eigenvalue weighted by atomic mass is 10.1. The molecule has 102 valence electrons. The molecule has 0 aliphatic rings. The van der Waals surface area contributed by atoms with Crippen LogP contribution in [0.1, 0.15) is 19.4 Å². The Kier molecular flexibility index (Phi) is 8.16. The monoisotopic (exact) mass is 273 g/mol. The average molecular weight is 274 g/mol. The second-order valence-electron chi connectivity index (χ2n) is 3.73. The third kappa shape index (κ3) is 5.38. The Balaban J connectivity index is 0.00000289. The van der Waals surface area contributed by atoms with Gasteiger partial charge in [0.1, 0.15) is 11.8 Å². The molecule has 5 heteroatoms. The van der Waals surface area contributed by atoms with E-state index in [-0.39, 0.29) is 30.2 Å². The van der Waals surface area contributed by atoms with Crippen LogP contribution in [0.2, 0.25) is 0 Å². The first-order chi connectivity index (χ1) is 8.17. The summed E-state index contributed by atoms with van der Waals surface area (Å²) < 4.78 is 5.00. The van der Waals surface area contributed by atoms with Gasteiger partial charge in [-0.2, -0.15) is 0 Å². The van der Waals surface area contributed by atoms with E-state index in [0.717, 1.165) is 5.56 Å². The van der Waals surface area contributed by atoms with Gasteiger partial charge in [0.15, 0.2) is 0 Å². The molecule has 0 saturated heterocycles. The van der Waals surface area contributed by atoms with Gasteiger partial charge in [-0.15, -0.1) is 12.4 Å². The van der Waals surface area contributed by atoms with Crippen LogP contribution in [0.3, 0.4) is 0 Å². The smallest absolute Gasteiger partial charge is 0.323 e. The quantitative estimate of drug-likeness (QED) is 0.777. The van der Waals surface area contributed by atoms with Crippen molar-refractivity contribution in [2.45, 2.75) is 26.3 Å². The number of esters is 1. The predicted octanol–water partition coefficient (Wildman–Crippen LogP) is 1.90. The van der Waals surface area contributed by atoms with Gasteiger partial charge in [0, 0.05) is 0 Å². The van der Waals surface area contributed by atoms with E-state index in [1.165, 1.54) is 0 Å². The van der Waals surface area contributed by atoms with Gasteiger partial charge in [-0.05, 0) is 37.6 Å². The van der Waals surface area contributed by atoms with Crippen molar-refractivity contribution in [2.24, 2.45) is 0 Å². The number of hydrogen-bond acceptors (Lipinski definition) is 4. The Morgan fingerprint density at radius 3 is 2.44 bits per heavy atom. The minimum Gasteiger partial charge on any atom is -0.508 e. The summed E-state index contributed by atoms with van der Waals surface area (Å²) in [5.74, 6) is -0.00712. The van der Waals surface area contributed by atoms with Crippen molar-refractivity contribution in [3.8, 4) is 5.75 Å². The van der Waals surface area contributed by atoms with Crippen LogP contribution >= 0.6 is 12.4 Å². The maximum atomic E-state index is 11.7. The summed E-state index contributed by atoms with van der Waals surface area (Å²) in [5, 5.41) is 12.3. The van der Waals surface area contributed by atoms with E-state index >= 15 is 0 Å². The summed E-state index contributed by atoms with van der Waals surface area (Å²) in [6.45, 7) is 4.84. The lowest BCUT2D eigenvalue weighted by molar-refractivity contribution is -0.145. The van der Waals surface area contributed by atoms with Gasteiger partial charge >= 0.3 is 5.97 Å².